The van der Waals surface area contributed by atoms with E-state index in [-0.39, 0.29) is 0 Å². The zero-order valence-corrected chi connectivity index (χ0v) is 8.29. The lowest BCUT2D eigenvalue weighted by Gasteiger charge is -2.04. The Balaban J connectivity index is 2.90. The maximum Gasteiger partial charge on any atom is 0.175 e. The molecule has 4 heteroatoms. The van der Waals surface area contributed by atoms with Crippen molar-refractivity contribution in [1.82, 2.24) is 9.97 Å². The summed E-state index contributed by atoms with van der Waals surface area (Å²) < 4.78 is 5.90. The van der Waals surface area contributed by atoms with E-state index < -0.39 is 0 Å². The average molecular weight is 194 g/mol. The van der Waals surface area contributed by atoms with E-state index in [1.54, 1.807) is 7.11 Å². The van der Waals surface area contributed by atoms with E-state index in [9.17, 15) is 0 Å². The van der Waals surface area contributed by atoms with Gasteiger partial charge in [-0.25, -0.2) is 0 Å². The van der Waals surface area contributed by atoms with Crippen molar-refractivity contribution in [2.45, 2.75) is 6.92 Å². The molecule has 0 aliphatic rings. The van der Waals surface area contributed by atoms with E-state index in [2.05, 4.69) is 9.97 Å². The van der Waals surface area contributed by atoms with Gasteiger partial charge in [-0.15, -0.1) is 0 Å². The predicted octanol–water partition coefficient (Wildman–Crippen LogP) is 2.54. The fourth-order valence-corrected chi connectivity index (χ4v) is 1.66. The summed E-state index contributed by atoms with van der Waals surface area (Å²) in [6.45, 7) is 2.00. The van der Waals surface area contributed by atoms with Crippen LogP contribution in [0.3, 0.4) is 0 Å². The van der Waals surface area contributed by atoms with Gasteiger partial charge in [-0.2, -0.15) is 0 Å². The van der Waals surface area contributed by atoms with Gasteiger partial charge in [0.2, 0.25) is 0 Å². The van der Waals surface area contributed by atoms with Crippen molar-refractivity contribution < 1.29 is 4.74 Å². The smallest absolute Gasteiger partial charge is 0.175 e. The van der Waals surface area contributed by atoms with Crippen molar-refractivity contribution in [3.63, 3.8) is 0 Å². The molecule has 0 saturated heterocycles. The SMILES string of the molecule is COc1c(C)ccc2[nH]c(=S)[nH]c12. The summed E-state index contributed by atoms with van der Waals surface area (Å²) in [5.41, 5.74) is 3.01. The Morgan fingerprint density at radius 2 is 2.08 bits per heavy atom. The maximum absolute atomic E-state index is 5.27. The van der Waals surface area contributed by atoms with Crippen LogP contribution in [-0.2, 0) is 0 Å². The van der Waals surface area contributed by atoms with Gasteiger partial charge in [0.1, 0.15) is 11.3 Å². The van der Waals surface area contributed by atoms with Gasteiger partial charge in [-0.1, -0.05) is 6.07 Å². The lowest BCUT2D eigenvalue weighted by Crippen LogP contribution is -1.87. The summed E-state index contributed by atoms with van der Waals surface area (Å²) in [7, 11) is 1.66. The Labute approximate surface area is 80.7 Å². The van der Waals surface area contributed by atoms with Gasteiger partial charge in [0.15, 0.2) is 4.77 Å². The Morgan fingerprint density at radius 1 is 1.31 bits per heavy atom. The third kappa shape index (κ3) is 1.23. The fourth-order valence-electron chi connectivity index (χ4n) is 1.45. The van der Waals surface area contributed by atoms with Gasteiger partial charge in [-0.3, -0.25) is 0 Å². The molecule has 1 aromatic carbocycles. The molecule has 0 atom stereocenters. The molecular weight excluding hydrogens is 184 g/mol. The zero-order valence-electron chi connectivity index (χ0n) is 7.47. The number of hydrogen-bond donors (Lipinski definition) is 2. The second-order valence-corrected chi connectivity index (χ2v) is 3.33. The summed E-state index contributed by atoms with van der Waals surface area (Å²) >= 11 is 5.00. The first-order valence-corrected chi connectivity index (χ1v) is 4.39. The van der Waals surface area contributed by atoms with Crippen LogP contribution in [-0.4, -0.2) is 17.1 Å². The first kappa shape index (κ1) is 8.31. The summed E-state index contributed by atoms with van der Waals surface area (Å²) in [4.78, 5) is 6.09. The molecule has 0 bridgehead atoms. The number of aromatic amines is 2. The van der Waals surface area contributed by atoms with Crippen molar-refractivity contribution in [2.24, 2.45) is 0 Å². The number of rotatable bonds is 1. The van der Waals surface area contributed by atoms with Gasteiger partial charge < -0.3 is 14.7 Å². The molecule has 0 amide bonds. The molecule has 2 rings (SSSR count). The number of fused-ring (bicyclic) bond motifs is 1. The van der Waals surface area contributed by atoms with E-state index >= 15 is 0 Å². The van der Waals surface area contributed by atoms with Crippen LogP contribution < -0.4 is 4.74 Å². The second kappa shape index (κ2) is 2.88. The number of nitrogens with one attached hydrogen (secondary N) is 2. The molecule has 0 spiro atoms. The number of methoxy groups -OCH3 is 1. The molecule has 0 unspecified atom stereocenters. The average Bonchev–Trinajstić information content (AvgIpc) is 2.45. The minimum Gasteiger partial charge on any atom is -0.494 e. The maximum atomic E-state index is 5.27. The highest BCUT2D eigenvalue weighted by atomic mass is 32.1. The summed E-state index contributed by atoms with van der Waals surface area (Å²) in [5.74, 6) is 0.852. The number of benzene rings is 1. The van der Waals surface area contributed by atoms with Crippen LogP contribution in [0.1, 0.15) is 5.56 Å². The molecule has 0 fully saturated rings. The number of H-pyrrole nitrogens is 2. The van der Waals surface area contributed by atoms with E-state index in [0.29, 0.717) is 4.77 Å². The normalized spacial score (nSPS) is 10.6. The van der Waals surface area contributed by atoms with Gasteiger partial charge in [0, 0.05) is 0 Å². The van der Waals surface area contributed by atoms with Gasteiger partial charge >= 0.3 is 0 Å². The largest absolute Gasteiger partial charge is 0.494 e. The third-order valence-electron chi connectivity index (χ3n) is 2.05. The quantitative estimate of drug-likeness (QED) is 0.685. The molecule has 1 heterocycles. The lowest BCUT2D eigenvalue weighted by molar-refractivity contribution is 0.416. The highest BCUT2D eigenvalue weighted by Crippen LogP contribution is 2.26. The van der Waals surface area contributed by atoms with Gasteiger partial charge in [0.05, 0.1) is 12.6 Å². The highest BCUT2D eigenvalue weighted by molar-refractivity contribution is 7.71. The van der Waals surface area contributed by atoms with Gasteiger partial charge in [0.25, 0.3) is 0 Å². The first-order valence-electron chi connectivity index (χ1n) is 3.98. The monoisotopic (exact) mass is 194 g/mol. The van der Waals surface area contributed by atoms with Crippen LogP contribution in [0.2, 0.25) is 0 Å². The summed E-state index contributed by atoms with van der Waals surface area (Å²) in [6.07, 6.45) is 0. The number of aryl methyl sites for hydroxylation is 1. The van der Waals surface area contributed by atoms with Crippen molar-refractivity contribution in [3.05, 3.63) is 22.5 Å². The Morgan fingerprint density at radius 3 is 2.77 bits per heavy atom. The standard InChI is InChI=1S/C9H10N2OS/c1-5-3-4-6-7(8(5)12-2)11-9(13)10-6/h3-4H,1-2H3,(H2,10,11,13). The Hall–Kier alpha value is -1.29. The minimum absolute atomic E-state index is 0.624. The molecule has 1 aromatic heterocycles. The first-order chi connectivity index (χ1) is 6.22. The van der Waals surface area contributed by atoms with Gasteiger partial charge in [-0.05, 0) is 30.8 Å². The molecule has 0 aliphatic carbocycles. The number of aromatic nitrogens is 2. The molecule has 0 saturated carbocycles. The molecule has 13 heavy (non-hydrogen) atoms. The zero-order chi connectivity index (χ0) is 9.42. The van der Waals surface area contributed by atoms with Crippen molar-refractivity contribution in [1.29, 1.82) is 0 Å². The molecular formula is C9H10N2OS. The van der Waals surface area contributed by atoms with Crippen LogP contribution >= 0.6 is 12.2 Å². The molecule has 0 aliphatic heterocycles. The number of imidazole rings is 1. The number of ether oxygens (including phenoxy) is 1. The van der Waals surface area contributed by atoms with E-state index in [0.717, 1.165) is 22.3 Å². The highest BCUT2D eigenvalue weighted by Gasteiger charge is 2.05. The number of hydrogen-bond acceptors (Lipinski definition) is 2. The topological polar surface area (TPSA) is 40.8 Å². The van der Waals surface area contributed by atoms with Crippen LogP contribution in [0.4, 0.5) is 0 Å². The predicted molar refractivity (Wildman–Crippen MR) is 54.8 cm³/mol. The third-order valence-corrected chi connectivity index (χ3v) is 2.25. The molecule has 2 N–H and O–H groups in total. The van der Waals surface area contributed by atoms with Crippen molar-refractivity contribution in [2.75, 3.05) is 7.11 Å². The van der Waals surface area contributed by atoms with Crippen LogP contribution in [0.25, 0.3) is 11.0 Å². The Bertz CT molecular complexity index is 498. The van der Waals surface area contributed by atoms with Crippen LogP contribution in [0.5, 0.6) is 5.75 Å². The van der Waals surface area contributed by atoms with E-state index in [1.165, 1.54) is 0 Å². The summed E-state index contributed by atoms with van der Waals surface area (Å²) in [6, 6.07) is 3.99. The lowest BCUT2D eigenvalue weighted by atomic mass is 10.2. The van der Waals surface area contributed by atoms with Crippen molar-refractivity contribution in [3.8, 4) is 5.75 Å². The molecule has 68 valence electrons. The van der Waals surface area contributed by atoms with Crippen molar-refractivity contribution >= 4 is 23.3 Å². The molecule has 2 aromatic rings. The minimum atomic E-state index is 0.624. The summed E-state index contributed by atoms with van der Waals surface area (Å²) in [5, 5.41) is 0. The van der Waals surface area contributed by atoms with Crippen LogP contribution in [0, 0.1) is 11.7 Å². The fraction of sp³-hybridized carbons (Fsp3) is 0.222. The Kier molecular flexibility index (Phi) is 1.84. The molecule has 3 nitrogen and oxygen atoms in total. The second-order valence-electron chi connectivity index (χ2n) is 2.92. The van der Waals surface area contributed by atoms with E-state index in [4.69, 9.17) is 17.0 Å². The molecule has 0 radical (unpaired) electrons. The van der Waals surface area contributed by atoms with Crippen LogP contribution in [0.15, 0.2) is 12.1 Å². The van der Waals surface area contributed by atoms with E-state index in [1.807, 2.05) is 19.1 Å².